The molecule has 1 aliphatic heterocycles. The fraction of sp³-hybridized carbons (Fsp3) is 0.469. The summed E-state index contributed by atoms with van der Waals surface area (Å²) >= 11 is 6.45. The number of halogens is 6. The summed E-state index contributed by atoms with van der Waals surface area (Å²) in [6.45, 7) is 6.04. The molecule has 3 heterocycles. The molecule has 2 aromatic carbocycles. The summed E-state index contributed by atoms with van der Waals surface area (Å²) in [4.78, 5) is 19.1. The van der Waals surface area contributed by atoms with Crippen LogP contribution in [0.3, 0.4) is 0 Å². The van der Waals surface area contributed by atoms with E-state index in [9.17, 15) is 26.7 Å². The molecule has 0 aliphatic carbocycles. The summed E-state index contributed by atoms with van der Waals surface area (Å²) in [7, 11) is 1.96. The molecule has 1 aliphatic rings. The Morgan fingerprint density at radius 3 is 2.44 bits per heavy atom. The van der Waals surface area contributed by atoms with Crippen molar-refractivity contribution in [2.45, 2.75) is 45.0 Å². The zero-order chi connectivity index (χ0) is 32.4. The lowest BCUT2D eigenvalue weighted by atomic mass is 10.0. The van der Waals surface area contributed by atoms with Gasteiger partial charge in [-0.1, -0.05) is 23.7 Å². The van der Waals surface area contributed by atoms with Crippen LogP contribution < -0.4 is 10.3 Å². The van der Waals surface area contributed by atoms with Crippen molar-refractivity contribution in [2.24, 2.45) is 0 Å². The quantitative estimate of drug-likeness (QED) is 0.179. The highest BCUT2D eigenvalue weighted by molar-refractivity contribution is 6.37. The zero-order valence-corrected chi connectivity index (χ0v) is 25.9. The molecule has 7 nitrogen and oxygen atoms in total. The predicted octanol–water partition coefficient (Wildman–Crippen LogP) is 6.42. The third-order valence-electron chi connectivity index (χ3n) is 8.27. The number of aromatic amines is 1. The lowest BCUT2D eigenvalue weighted by Gasteiger charge is -2.26. The van der Waals surface area contributed by atoms with E-state index in [1.165, 1.54) is 18.2 Å². The smallest absolute Gasteiger partial charge is 0.455 e. The molecule has 4 aromatic rings. The molecule has 0 amide bonds. The van der Waals surface area contributed by atoms with Crippen LogP contribution >= 0.6 is 11.6 Å². The first-order valence-corrected chi connectivity index (χ1v) is 15.2. The van der Waals surface area contributed by atoms with Gasteiger partial charge in [0.05, 0.1) is 30.3 Å². The third kappa shape index (κ3) is 7.62. The van der Waals surface area contributed by atoms with Crippen LogP contribution in [0, 0.1) is 6.92 Å². The van der Waals surface area contributed by atoms with Gasteiger partial charge in [0, 0.05) is 54.2 Å². The van der Waals surface area contributed by atoms with Crippen LogP contribution in [0.1, 0.15) is 23.2 Å². The fourth-order valence-electron chi connectivity index (χ4n) is 5.88. The van der Waals surface area contributed by atoms with E-state index < -0.39 is 24.2 Å². The van der Waals surface area contributed by atoms with Crippen molar-refractivity contribution in [1.29, 1.82) is 0 Å². The summed E-state index contributed by atoms with van der Waals surface area (Å²) in [5.74, 6) is -4.14. The van der Waals surface area contributed by atoms with Crippen molar-refractivity contribution < 1.29 is 31.4 Å². The van der Waals surface area contributed by atoms with Crippen molar-refractivity contribution in [3.8, 4) is 5.75 Å². The number of morpholine rings is 1. The lowest BCUT2D eigenvalue weighted by molar-refractivity contribution is -0.286. The molecule has 5 rings (SSSR count). The molecular formula is C32H36ClF5N4O3. The van der Waals surface area contributed by atoms with E-state index in [0.717, 1.165) is 48.7 Å². The number of rotatable bonds is 12. The molecule has 1 N–H and O–H groups in total. The number of nitrogens with zero attached hydrogens (tertiary/aromatic N) is 3. The van der Waals surface area contributed by atoms with Crippen LogP contribution in [-0.4, -0.2) is 84.5 Å². The van der Waals surface area contributed by atoms with Gasteiger partial charge in [0.1, 0.15) is 12.4 Å². The lowest BCUT2D eigenvalue weighted by Crippen LogP contribution is -2.40. The van der Waals surface area contributed by atoms with Gasteiger partial charge in [0.15, 0.2) is 0 Å². The minimum atomic E-state index is -5.70. The van der Waals surface area contributed by atoms with Crippen molar-refractivity contribution >= 4 is 33.4 Å². The second kappa shape index (κ2) is 13.7. The number of ether oxygens (including phenoxy) is 2. The molecule has 0 unspecified atom stereocenters. The SMILES string of the molecule is Cc1c(CCCN(C)Cc2ccc(OCCN3CCOCC3)cc2)c2c3c(Cl)cc(=O)[nH]c3ccc2n1CC(F)(F)C(F)(F)F. The molecule has 244 valence electrons. The molecule has 0 spiro atoms. The van der Waals surface area contributed by atoms with Crippen LogP contribution in [0.15, 0.2) is 47.3 Å². The number of pyridine rings is 1. The average molecular weight is 655 g/mol. The fourth-order valence-corrected chi connectivity index (χ4v) is 6.17. The van der Waals surface area contributed by atoms with Gasteiger partial charge in [0.25, 0.3) is 0 Å². The highest BCUT2D eigenvalue weighted by atomic mass is 35.5. The Kier molecular flexibility index (Phi) is 10.1. The van der Waals surface area contributed by atoms with Gasteiger partial charge >= 0.3 is 12.1 Å². The number of H-pyrrole nitrogens is 1. The molecule has 1 fully saturated rings. The van der Waals surface area contributed by atoms with E-state index in [1.807, 2.05) is 31.3 Å². The Labute approximate surface area is 262 Å². The first-order valence-electron chi connectivity index (χ1n) is 14.8. The molecule has 0 atom stereocenters. The molecule has 0 radical (unpaired) electrons. The molecule has 0 saturated carbocycles. The maximum absolute atomic E-state index is 14.3. The number of hydrogen-bond donors (Lipinski definition) is 1. The summed E-state index contributed by atoms with van der Waals surface area (Å²) in [6, 6.07) is 12.0. The monoisotopic (exact) mass is 654 g/mol. The number of fused-ring (bicyclic) bond motifs is 3. The number of aryl methyl sites for hydroxylation is 1. The Morgan fingerprint density at radius 2 is 1.76 bits per heavy atom. The second-order valence-electron chi connectivity index (χ2n) is 11.5. The number of aromatic nitrogens is 2. The van der Waals surface area contributed by atoms with Crippen molar-refractivity contribution in [3.05, 3.63) is 74.7 Å². The number of hydrogen-bond acceptors (Lipinski definition) is 5. The molecule has 0 bridgehead atoms. The van der Waals surface area contributed by atoms with Crippen LogP contribution in [-0.2, 0) is 24.2 Å². The van der Waals surface area contributed by atoms with Gasteiger partial charge in [-0.05, 0) is 68.8 Å². The van der Waals surface area contributed by atoms with Crippen LogP contribution in [0.5, 0.6) is 5.75 Å². The highest BCUT2D eigenvalue weighted by Crippen LogP contribution is 2.41. The summed E-state index contributed by atoms with van der Waals surface area (Å²) in [6.07, 6.45) is -4.69. The Balaban J connectivity index is 1.28. The van der Waals surface area contributed by atoms with E-state index in [2.05, 4.69) is 14.8 Å². The molecule has 13 heteroatoms. The van der Waals surface area contributed by atoms with Gasteiger partial charge in [-0.3, -0.25) is 9.69 Å². The minimum Gasteiger partial charge on any atom is -0.492 e. The summed E-state index contributed by atoms with van der Waals surface area (Å²) in [5.41, 5.74) is 2.15. The summed E-state index contributed by atoms with van der Waals surface area (Å²) < 4.78 is 80.4. The number of benzene rings is 2. The van der Waals surface area contributed by atoms with Crippen molar-refractivity contribution in [2.75, 3.05) is 53.0 Å². The van der Waals surface area contributed by atoms with Crippen molar-refractivity contribution in [1.82, 2.24) is 19.4 Å². The van der Waals surface area contributed by atoms with E-state index in [4.69, 9.17) is 21.1 Å². The third-order valence-corrected chi connectivity index (χ3v) is 8.56. The Bertz CT molecular complexity index is 1680. The van der Waals surface area contributed by atoms with E-state index in [-0.39, 0.29) is 10.5 Å². The first kappa shape index (κ1) is 33.2. The average Bonchev–Trinajstić information content (AvgIpc) is 3.23. The van der Waals surface area contributed by atoms with E-state index >= 15 is 0 Å². The standard InChI is InChI=1S/C32H36ClF5N4O3/c1-21-24(4-3-11-40(2)19-22-5-7-23(8-6-22)45-17-14-41-12-15-44-16-13-41)29-27(42(21)20-31(34,35)32(36,37)38)10-9-26-30(29)25(33)18-28(43)39-26/h5-10,18H,3-4,11-17,19-20H2,1-2H3,(H,39,43). The molecular weight excluding hydrogens is 619 g/mol. The summed E-state index contributed by atoms with van der Waals surface area (Å²) in [5, 5.41) is 0.989. The highest BCUT2D eigenvalue weighted by Gasteiger charge is 2.57. The predicted molar refractivity (Wildman–Crippen MR) is 165 cm³/mol. The topological polar surface area (TPSA) is 62.7 Å². The van der Waals surface area contributed by atoms with E-state index in [1.54, 1.807) is 6.92 Å². The van der Waals surface area contributed by atoms with Gasteiger partial charge in [0.2, 0.25) is 5.56 Å². The number of nitrogens with one attached hydrogen (secondary N) is 1. The minimum absolute atomic E-state index is 0.103. The van der Waals surface area contributed by atoms with Gasteiger partial charge in [-0.2, -0.15) is 22.0 Å². The van der Waals surface area contributed by atoms with E-state index in [0.29, 0.717) is 60.1 Å². The Hall–Kier alpha value is -3.19. The van der Waals surface area contributed by atoms with Crippen molar-refractivity contribution in [3.63, 3.8) is 0 Å². The van der Waals surface area contributed by atoms with Gasteiger partial charge in [-0.15, -0.1) is 0 Å². The van der Waals surface area contributed by atoms with Crippen LogP contribution in [0.4, 0.5) is 22.0 Å². The van der Waals surface area contributed by atoms with Crippen LogP contribution in [0.25, 0.3) is 21.8 Å². The van der Waals surface area contributed by atoms with Gasteiger partial charge < -0.3 is 23.9 Å². The largest absolute Gasteiger partial charge is 0.492 e. The second-order valence-corrected chi connectivity index (χ2v) is 11.9. The molecule has 2 aromatic heterocycles. The molecule has 1 saturated heterocycles. The molecule has 45 heavy (non-hydrogen) atoms. The maximum atomic E-state index is 14.3. The normalized spacial score (nSPS) is 15.0. The Morgan fingerprint density at radius 1 is 1.04 bits per heavy atom. The first-order chi connectivity index (χ1) is 21.3. The maximum Gasteiger partial charge on any atom is 0.455 e. The number of alkyl halides is 5. The van der Waals surface area contributed by atoms with Crippen LogP contribution in [0.2, 0.25) is 5.02 Å². The van der Waals surface area contributed by atoms with Gasteiger partial charge in [-0.25, -0.2) is 0 Å². The zero-order valence-electron chi connectivity index (χ0n) is 25.2.